The molecule has 0 aromatic heterocycles. The van der Waals surface area contributed by atoms with Gasteiger partial charge in [0.15, 0.2) is 0 Å². The minimum atomic E-state index is -1.11. The molecule has 0 bridgehead atoms. The van der Waals surface area contributed by atoms with E-state index in [0.29, 0.717) is 19.7 Å². The highest BCUT2D eigenvalue weighted by atomic mass is 35.5. The molecule has 4 N–H and O–H groups in total. The number of piperidine rings is 1. The molecule has 1 aliphatic carbocycles. The smallest absolute Gasteiger partial charge is 0.247 e. The summed E-state index contributed by atoms with van der Waals surface area (Å²) < 4.78 is 5.86. The van der Waals surface area contributed by atoms with E-state index in [-0.39, 0.29) is 35.8 Å². The van der Waals surface area contributed by atoms with Crippen molar-refractivity contribution in [2.75, 3.05) is 19.7 Å². The number of fused-ring (bicyclic) bond motifs is 2. The minimum Gasteiger partial charge on any atom is -0.388 e. The average molecular weight is 530 g/mol. The Morgan fingerprint density at radius 2 is 1.70 bits per heavy atom. The Morgan fingerprint density at radius 3 is 2.32 bits per heavy atom. The normalized spacial score (nSPS) is 20.6. The van der Waals surface area contributed by atoms with Gasteiger partial charge in [-0.3, -0.25) is 9.59 Å². The van der Waals surface area contributed by atoms with E-state index in [1.54, 1.807) is 13.8 Å². The quantitative estimate of drug-likeness (QED) is 0.509. The number of benzene rings is 2. The Kier molecular flexibility index (Phi) is 8.75. The molecule has 0 saturated carbocycles. The van der Waals surface area contributed by atoms with Crippen molar-refractivity contribution in [3.05, 3.63) is 71.3 Å². The SMILES string of the molecule is CC(C)(N)C(=O)N[C@H](COCc1ccccc1)C(=O)N1CCC2(CC1)c1ccccc1[C@@H](O)C2(C)C.Cl. The molecule has 1 saturated heterocycles. The lowest BCUT2D eigenvalue weighted by atomic mass is 9.60. The van der Waals surface area contributed by atoms with Gasteiger partial charge in [0.1, 0.15) is 6.04 Å². The molecular weight excluding hydrogens is 490 g/mol. The Bertz CT molecular complexity index is 1090. The fourth-order valence-corrected chi connectivity index (χ4v) is 5.80. The zero-order valence-corrected chi connectivity index (χ0v) is 23.0. The molecular formula is C29H40ClN3O4. The highest BCUT2D eigenvalue weighted by Gasteiger charge is 2.58. The Hall–Kier alpha value is -2.45. The second-order valence-electron chi connectivity index (χ2n) is 11.4. The maximum absolute atomic E-state index is 13.6. The second-order valence-corrected chi connectivity index (χ2v) is 11.4. The number of likely N-dealkylation sites (tertiary alicyclic amines) is 1. The number of amides is 2. The first-order valence-electron chi connectivity index (χ1n) is 12.8. The van der Waals surface area contributed by atoms with Crippen molar-refractivity contribution in [2.24, 2.45) is 11.1 Å². The minimum absolute atomic E-state index is 0. The lowest BCUT2D eigenvalue weighted by Crippen LogP contribution is -2.59. The molecule has 7 nitrogen and oxygen atoms in total. The number of hydrogen-bond donors (Lipinski definition) is 3. The van der Waals surface area contributed by atoms with Gasteiger partial charge < -0.3 is 25.8 Å². The second kappa shape index (κ2) is 11.1. The van der Waals surface area contributed by atoms with E-state index in [4.69, 9.17) is 10.5 Å². The molecule has 1 fully saturated rings. The third kappa shape index (κ3) is 5.55. The predicted octanol–water partition coefficient (Wildman–Crippen LogP) is 3.48. The molecule has 0 unspecified atom stereocenters. The largest absolute Gasteiger partial charge is 0.388 e. The number of rotatable bonds is 7. The summed E-state index contributed by atoms with van der Waals surface area (Å²) in [5, 5.41) is 13.9. The van der Waals surface area contributed by atoms with Crippen LogP contribution in [0.15, 0.2) is 54.6 Å². The number of aliphatic hydroxyl groups is 1. The van der Waals surface area contributed by atoms with E-state index in [9.17, 15) is 14.7 Å². The maximum atomic E-state index is 13.6. The Morgan fingerprint density at radius 1 is 1.11 bits per heavy atom. The van der Waals surface area contributed by atoms with Gasteiger partial charge in [-0.2, -0.15) is 0 Å². The number of aliphatic hydroxyl groups excluding tert-OH is 1. The van der Waals surface area contributed by atoms with Crippen molar-refractivity contribution in [2.45, 2.75) is 70.2 Å². The Labute approximate surface area is 226 Å². The molecule has 2 aliphatic rings. The number of ether oxygens (including phenoxy) is 1. The van der Waals surface area contributed by atoms with Crippen molar-refractivity contribution in [1.29, 1.82) is 0 Å². The van der Waals surface area contributed by atoms with E-state index in [1.165, 1.54) is 5.56 Å². The topological polar surface area (TPSA) is 105 Å². The molecule has 2 atom stereocenters. The zero-order chi connectivity index (χ0) is 26.1. The maximum Gasteiger partial charge on any atom is 0.247 e. The molecule has 0 radical (unpaired) electrons. The predicted molar refractivity (Wildman–Crippen MR) is 146 cm³/mol. The summed E-state index contributed by atoms with van der Waals surface area (Å²) in [6, 6.07) is 17.0. The van der Waals surface area contributed by atoms with Gasteiger partial charge in [0.25, 0.3) is 0 Å². The number of nitrogens with one attached hydrogen (secondary N) is 1. The van der Waals surface area contributed by atoms with Gasteiger partial charge in [0, 0.05) is 23.9 Å². The van der Waals surface area contributed by atoms with Crippen molar-refractivity contribution < 1.29 is 19.4 Å². The molecule has 1 spiro atoms. The van der Waals surface area contributed by atoms with Crippen molar-refractivity contribution >= 4 is 24.2 Å². The van der Waals surface area contributed by atoms with Crippen LogP contribution in [0.2, 0.25) is 0 Å². The van der Waals surface area contributed by atoms with Gasteiger partial charge in [-0.15, -0.1) is 12.4 Å². The summed E-state index contributed by atoms with van der Waals surface area (Å²) in [4.78, 5) is 28.1. The highest BCUT2D eigenvalue weighted by molar-refractivity contribution is 5.91. The number of nitrogens with zero attached hydrogens (tertiary/aromatic N) is 1. The zero-order valence-electron chi connectivity index (χ0n) is 22.2. The van der Waals surface area contributed by atoms with E-state index in [2.05, 4.69) is 25.2 Å². The number of nitrogens with two attached hydrogens (primary N) is 1. The molecule has 2 amide bonds. The fourth-order valence-electron chi connectivity index (χ4n) is 5.80. The summed E-state index contributed by atoms with van der Waals surface area (Å²) in [6.45, 7) is 8.97. The van der Waals surface area contributed by atoms with Gasteiger partial charge >= 0.3 is 0 Å². The summed E-state index contributed by atoms with van der Waals surface area (Å²) in [5.74, 6) is -0.563. The number of hydrogen-bond acceptors (Lipinski definition) is 5. The van der Waals surface area contributed by atoms with E-state index in [1.807, 2.05) is 53.4 Å². The van der Waals surface area contributed by atoms with Crippen LogP contribution in [-0.2, 0) is 26.3 Å². The standard InChI is InChI=1S/C29H39N3O4.ClH/c1-27(2)24(33)21-12-8-9-13-22(21)29(27)14-16-32(17-15-29)25(34)23(31-26(35)28(3,4)30)19-36-18-20-10-6-5-7-11-20;/h5-13,23-24,33H,14-19,30H2,1-4H3,(H,31,35);1H/t23-,24-;/m1./s1. The summed E-state index contributed by atoms with van der Waals surface area (Å²) in [6.07, 6.45) is 0.947. The van der Waals surface area contributed by atoms with Crippen LogP contribution < -0.4 is 11.1 Å². The average Bonchev–Trinajstić information content (AvgIpc) is 3.02. The molecule has 8 heteroatoms. The lowest BCUT2D eigenvalue weighted by molar-refractivity contribution is -0.141. The number of carbonyl (C=O) groups excluding carboxylic acids is 2. The molecule has 1 aliphatic heterocycles. The van der Waals surface area contributed by atoms with Gasteiger partial charge in [-0.05, 0) is 43.4 Å². The molecule has 2 aromatic carbocycles. The molecule has 2 aromatic rings. The van der Waals surface area contributed by atoms with E-state index >= 15 is 0 Å². The monoisotopic (exact) mass is 529 g/mol. The van der Waals surface area contributed by atoms with E-state index in [0.717, 1.165) is 24.0 Å². The van der Waals surface area contributed by atoms with Crippen molar-refractivity contribution in [3.8, 4) is 0 Å². The molecule has 202 valence electrons. The highest BCUT2D eigenvalue weighted by Crippen LogP contribution is 2.61. The van der Waals surface area contributed by atoms with Gasteiger partial charge in [-0.25, -0.2) is 0 Å². The fraction of sp³-hybridized carbons (Fsp3) is 0.517. The van der Waals surface area contributed by atoms with Crippen LogP contribution in [0.5, 0.6) is 0 Å². The summed E-state index contributed by atoms with van der Waals surface area (Å²) in [7, 11) is 0. The van der Waals surface area contributed by atoms with Crippen molar-refractivity contribution in [1.82, 2.24) is 10.2 Å². The first-order valence-corrected chi connectivity index (χ1v) is 12.8. The van der Waals surface area contributed by atoms with E-state index < -0.39 is 23.6 Å². The molecule has 4 rings (SSSR count). The van der Waals surface area contributed by atoms with Gasteiger partial charge in [0.2, 0.25) is 11.8 Å². The van der Waals surface area contributed by atoms with Crippen LogP contribution in [-0.4, -0.2) is 53.1 Å². The van der Waals surface area contributed by atoms with Crippen LogP contribution in [0, 0.1) is 5.41 Å². The van der Waals surface area contributed by atoms with Crippen molar-refractivity contribution in [3.63, 3.8) is 0 Å². The number of carbonyl (C=O) groups is 2. The van der Waals surface area contributed by atoms with Crippen LogP contribution in [0.25, 0.3) is 0 Å². The van der Waals surface area contributed by atoms with Crippen LogP contribution >= 0.6 is 12.4 Å². The van der Waals surface area contributed by atoms with Crippen LogP contribution in [0.1, 0.15) is 63.3 Å². The lowest BCUT2D eigenvalue weighted by Gasteiger charge is -2.49. The molecule has 37 heavy (non-hydrogen) atoms. The van der Waals surface area contributed by atoms with Gasteiger partial charge in [-0.1, -0.05) is 68.4 Å². The summed E-state index contributed by atoms with van der Waals surface area (Å²) >= 11 is 0. The first kappa shape index (κ1) is 29.1. The Balaban J connectivity index is 0.00000380. The first-order chi connectivity index (χ1) is 17.0. The van der Waals surface area contributed by atoms with Gasteiger partial charge in [0.05, 0.1) is 24.9 Å². The number of halogens is 1. The summed E-state index contributed by atoms with van der Waals surface area (Å²) in [5.41, 5.74) is 7.50. The third-order valence-corrected chi connectivity index (χ3v) is 8.20. The van der Waals surface area contributed by atoms with Crippen LogP contribution in [0.4, 0.5) is 0 Å². The molecule has 1 heterocycles. The third-order valence-electron chi connectivity index (χ3n) is 8.20. The van der Waals surface area contributed by atoms with Crippen LogP contribution in [0.3, 0.4) is 0 Å².